The van der Waals surface area contributed by atoms with Crippen molar-refractivity contribution in [1.29, 1.82) is 0 Å². The molecule has 2 aromatic rings. The maximum Gasteiger partial charge on any atom is 0.242 e. The van der Waals surface area contributed by atoms with Crippen LogP contribution in [0.25, 0.3) is 0 Å². The van der Waals surface area contributed by atoms with E-state index in [-0.39, 0.29) is 30.7 Å². The highest BCUT2D eigenvalue weighted by Gasteiger charge is 2.25. The fourth-order valence-electron chi connectivity index (χ4n) is 5.06. The SMILES string of the molecule is O=C(CCC1CCCC1)N(CCN1CCOCC1)CC(=O)N(Cc1ccc(F)cc1)Cc1ccco1. The Kier molecular flexibility index (Phi) is 9.93. The molecule has 1 saturated heterocycles. The number of rotatable bonds is 12. The lowest BCUT2D eigenvalue weighted by Gasteiger charge is -2.31. The minimum atomic E-state index is -0.315. The Morgan fingerprint density at radius 1 is 0.972 bits per heavy atom. The molecule has 0 unspecified atom stereocenters. The maximum atomic E-state index is 13.5. The minimum Gasteiger partial charge on any atom is -0.467 e. The number of carbonyl (C=O) groups is 2. The predicted molar refractivity (Wildman–Crippen MR) is 134 cm³/mol. The standard InChI is InChI=1S/C28H38FN3O4/c29-25-10-7-24(8-11-25)20-32(21-26-6-3-17-36-26)28(34)22-31(14-13-30-15-18-35-19-16-30)27(33)12-9-23-4-1-2-5-23/h3,6-8,10-11,17,23H,1-2,4-5,9,12-16,18-22H2. The van der Waals surface area contributed by atoms with E-state index in [1.54, 1.807) is 34.3 Å². The second-order valence-corrected chi connectivity index (χ2v) is 9.91. The third kappa shape index (κ3) is 8.17. The van der Waals surface area contributed by atoms with Crippen molar-refractivity contribution in [3.63, 3.8) is 0 Å². The van der Waals surface area contributed by atoms with Gasteiger partial charge < -0.3 is 19.0 Å². The first-order valence-electron chi connectivity index (χ1n) is 13.2. The maximum absolute atomic E-state index is 13.5. The summed E-state index contributed by atoms with van der Waals surface area (Å²) >= 11 is 0. The van der Waals surface area contributed by atoms with Crippen LogP contribution < -0.4 is 0 Å². The van der Waals surface area contributed by atoms with Crippen molar-refractivity contribution in [3.05, 3.63) is 59.8 Å². The largest absolute Gasteiger partial charge is 0.467 e. The lowest BCUT2D eigenvalue weighted by molar-refractivity contribution is -0.141. The summed E-state index contributed by atoms with van der Waals surface area (Å²) in [6.07, 6.45) is 7.87. The predicted octanol–water partition coefficient (Wildman–Crippen LogP) is 4.08. The molecule has 0 bridgehead atoms. The van der Waals surface area contributed by atoms with Gasteiger partial charge in [-0.1, -0.05) is 37.8 Å². The van der Waals surface area contributed by atoms with Crippen LogP contribution in [0.5, 0.6) is 0 Å². The summed E-state index contributed by atoms with van der Waals surface area (Å²) in [6.45, 7) is 4.94. The number of amides is 2. The van der Waals surface area contributed by atoms with E-state index in [2.05, 4.69) is 4.90 Å². The van der Waals surface area contributed by atoms with E-state index in [9.17, 15) is 14.0 Å². The Hall–Kier alpha value is -2.71. The van der Waals surface area contributed by atoms with Crippen LogP contribution in [0.2, 0.25) is 0 Å². The number of nitrogens with zero attached hydrogens (tertiary/aromatic N) is 3. The van der Waals surface area contributed by atoms with Crippen molar-refractivity contribution in [2.24, 2.45) is 5.92 Å². The molecule has 2 amide bonds. The summed E-state index contributed by atoms with van der Waals surface area (Å²) in [4.78, 5) is 32.5. The number of morpholine rings is 1. The molecule has 1 saturated carbocycles. The Labute approximate surface area is 213 Å². The van der Waals surface area contributed by atoms with Crippen LogP contribution in [0.4, 0.5) is 4.39 Å². The summed E-state index contributed by atoms with van der Waals surface area (Å²) in [5.41, 5.74) is 0.823. The molecule has 36 heavy (non-hydrogen) atoms. The first kappa shape index (κ1) is 26.4. The van der Waals surface area contributed by atoms with Gasteiger partial charge in [-0.25, -0.2) is 4.39 Å². The van der Waals surface area contributed by atoms with E-state index in [1.807, 2.05) is 6.07 Å². The van der Waals surface area contributed by atoms with Gasteiger partial charge >= 0.3 is 0 Å². The highest BCUT2D eigenvalue weighted by atomic mass is 19.1. The van der Waals surface area contributed by atoms with Gasteiger partial charge in [0.25, 0.3) is 0 Å². The number of ether oxygens (including phenoxy) is 1. The Bertz CT molecular complexity index is 938. The number of hydrogen-bond donors (Lipinski definition) is 0. The van der Waals surface area contributed by atoms with E-state index < -0.39 is 0 Å². The highest BCUT2D eigenvalue weighted by molar-refractivity contribution is 5.84. The Morgan fingerprint density at radius 2 is 1.72 bits per heavy atom. The van der Waals surface area contributed by atoms with Gasteiger partial charge in [-0.15, -0.1) is 0 Å². The first-order valence-corrected chi connectivity index (χ1v) is 13.2. The van der Waals surface area contributed by atoms with Crippen LogP contribution in [-0.2, 0) is 27.4 Å². The molecule has 7 nitrogen and oxygen atoms in total. The summed E-state index contributed by atoms with van der Waals surface area (Å²) in [7, 11) is 0. The van der Waals surface area contributed by atoms with Gasteiger partial charge in [-0.2, -0.15) is 0 Å². The van der Waals surface area contributed by atoms with Crippen molar-refractivity contribution in [2.75, 3.05) is 45.9 Å². The van der Waals surface area contributed by atoms with E-state index in [1.165, 1.54) is 37.8 Å². The second kappa shape index (κ2) is 13.6. The average Bonchev–Trinajstić information content (AvgIpc) is 3.61. The summed E-state index contributed by atoms with van der Waals surface area (Å²) in [5.74, 6) is 0.873. The zero-order valence-electron chi connectivity index (χ0n) is 21.1. The summed E-state index contributed by atoms with van der Waals surface area (Å²) in [6, 6.07) is 9.77. The zero-order chi connectivity index (χ0) is 25.2. The van der Waals surface area contributed by atoms with E-state index in [0.29, 0.717) is 44.4 Å². The lowest BCUT2D eigenvalue weighted by atomic mass is 10.0. The van der Waals surface area contributed by atoms with Crippen molar-refractivity contribution >= 4 is 11.8 Å². The average molecular weight is 500 g/mol. The molecular weight excluding hydrogens is 461 g/mol. The van der Waals surface area contributed by atoms with Crippen molar-refractivity contribution in [3.8, 4) is 0 Å². The van der Waals surface area contributed by atoms with Gasteiger partial charge in [-0.05, 0) is 42.2 Å². The number of benzene rings is 1. The molecule has 1 aromatic heterocycles. The van der Waals surface area contributed by atoms with Crippen LogP contribution in [0, 0.1) is 11.7 Å². The van der Waals surface area contributed by atoms with Crippen LogP contribution in [-0.4, -0.2) is 72.5 Å². The summed E-state index contributed by atoms with van der Waals surface area (Å²) in [5, 5.41) is 0. The van der Waals surface area contributed by atoms with E-state index in [4.69, 9.17) is 9.15 Å². The fourth-order valence-corrected chi connectivity index (χ4v) is 5.06. The molecule has 1 aliphatic carbocycles. The van der Waals surface area contributed by atoms with Gasteiger partial charge in [0.15, 0.2) is 0 Å². The molecular formula is C28H38FN3O4. The second-order valence-electron chi connectivity index (χ2n) is 9.91. The van der Waals surface area contributed by atoms with Crippen molar-refractivity contribution < 1.29 is 23.1 Å². The van der Waals surface area contributed by atoms with Crippen LogP contribution in [0.3, 0.4) is 0 Å². The minimum absolute atomic E-state index is 0.0236. The van der Waals surface area contributed by atoms with E-state index in [0.717, 1.165) is 31.6 Å². The molecule has 0 atom stereocenters. The molecule has 0 N–H and O–H groups in total. The van der Waals surface area contributed by atoms with Gasteiger partial charge in [0.1, 0.15) is 11.6 Å². The zero-order valence-corrected chi connectivity index (χ0v) is 21.1. The smallest absolute Gasteiger partial charge is 0.242 e. The Morgan fingerprint density at radius 3 is 2.42 bits per heavy atom. The first-order chi connectivity index (χ1) is 17.6. The van der Waals surface area contributed by atoms with Crippen molar-refractivity contribution in [1.82, 2.24) is 14.7 Å². The fraction of sp³-hybridized carbons (Fsp3) is 0.571. The quantitative estimate of drug-likeness (QED) is 0.440. The molecule has 4 rings (SSSR count). The lowest BCUT2D eigenvalue weighted by Crippen LogP contribution is -2.47. The summed E-state index contributed by atoms with van der Waals surface area (Å²) < 4.78 is 24.4. The number of hydrogen-bond acceptors (Lipinski definition) is 5. The molecule has 0 radical (unpaired) electrons. The number of furan rings is 1. The molecule has 0 spiro atoms. The number of halogens is 1. The normalized spacial score (nSPS) is 16.8. The van der Waals surface area contributed by atoms with E-state index >= 15 is 0 Å². The third-order valence-corrected chi connectivity index (χ3v) is 7.28. The van der Waals surface area contributed by atoms with Crippen LogP contribution in [0.1, 0.15) is 49.8 Å². The van der Waals surface area contributed by atoms with Gasteiger partial charge in [0.2, 0.25) is 11.8 Å². The van der Waals surface area contributed by atoms with Crippen LogP contribution >= 0.6 is 0 Å². The molecule has 1 aliphatic heterocycles. The van der Waals surface area contributed by atoms with Gasteiger partial charge in [0.05, 0.1) is 32.6 Å². The Balaban J connectivity index is 1.42. The number of carbonyl (C=O) groups excluding carboxylic acids is 2. The molecule has 2 heterocycles. The van der Waals surface area contributed by atoms with Crippen LogP contribution in [0.15, 0.2) is 47.1 Å². The van der Waals surface area contributed by atoms with Gasteiger partial charge in [0, 0.05) is 39.1 Å². The molecule has 8 heteroatoms. The van der Waals surface area contributed by atoms with Crippen molar-refractivity contribution in [2.45, 2.75) is 51.6 Å². The molecule has 2 aliphatic rings. The highest BCUT2D eigenvalue weighted by Crippen LogP contribution is 2.28. The molecule has 2 fully saturated rings. The van der Waals surface area contributed by atoms with Gasteiger partial charge in [-0.3, -0.25) is 14.5 Å². The monoisotopic (exact) mass is 499 g/mol. The molecule has 1 aromatic carbocycles. The molecule has 196 valence electrons. The third-order valence-electron chi connectivity index (χ3n) is 7.28. The topological polar surface area (TPSA) is 66.2 Å².